The largest absolute Gasteiger partial charge is 0.480 e. The summed E-state index contributed by atoms with van der Waals surface area (Å²) in [6.45, 7) is 3.22. The van der Waals surface area contributed by atoms with Crippen LogP contribution in [0.2, 0.25) is 0 Å². The predicted octanol–water partition coefficient (Wildman–Crippen LogP) is 1.84. The first-order valence-electron chi connectivity index (χ1n) is 5.56. The van der Waals surface area contributed by atoms with Gasteiger partial charge in [0.05, 0.1) is 5.69 Å². The fourth-order valence-corrected chi connectivity index (χ4v) is 2.16. The van der Waals surface area contributed by atoms with E-state index >= 15 is 0 Å². The molecule has 17 heavy (non-hydrogen) atoms. The minimum absolute atomic E-state index is 0. The SMILES string of the molecule is Cc1cc(CN2CCCCC2C(=O)O)no1.Cl. The zero-order valence-electron chi connectivity index (χ0n) is 9.76. The molecule has 0 aromatic carbocycles. The Bertz CT molecular complexity index is 381. The lowest BCUT2D eigenvalue weighted by Crippen LogP contribution is -2.44. The van der Waals surface area contributed by atoms with Crippen LogP contribution in [0.1, 0.15) is 30.7 Å². The van der Waals surface area contributed by atoms with Crippen LogP contribution >= 0.6 is 12.4 Å². The van der Waals surface area contributed by atoms with Gasteiger partial charge in [-0.1, -0.05) is 11.6 Å². The molecule has 0 aliphatic carbocycles. The molecule has 1 saturated heterocycles. The van der Waals surface area contributed by atoms with E-state index in [1.807, 2.05) is 17.9 Å². The Morgan fingerprint density at radius 2 is 2.41 bits per heavy atom. The van der Waals surface area contributed by atoms with Gasteiger partial charge >= 0.3 is 5.97 Å². The van der Waals surface area contributed by atoms with Crippen LogP contribution in [0, 0.1) is 6.92 Å². The van der Waals surface area contributed by atoms with Crippen LogP contribution in [0.15, 0.2) is 10.6 Å². The molecule has 2 heterocycles. The van der Waals surface area contributed by atoms with Crippen molar-refractivity contribution in [3.05, 3.63) is 17.5 Å². The van der Waals surface area contributed by atoms with E-state index in [1.54, 1.807) is 0 Å². The molecule has 1 atom stereocenters. The van der Waals surface area contributed by atoms with Crippen molar-refractivity contribution in [2.24, 2.45) is 0 Å². The molecule has 1 N–H and O–H groups in total. The second-order valence-electron chi connectivity index (χ2n) is 4.25. The Labute approximate surface area is 106 Å². The average molecular weight is 261 g/mol. The molecule has 0 radical (unpaired) electrons. The number of nitrogens with zero attached hydrogens (tertiary/aromatic N) is 2. The molecule has 0 amide bonds. The lowest BCUT2D eigenvalue weighted by atomic mass is 10.0. The smallest absolute Gasteiger partial charge is 0.320 e. The number of aromatic nitrogens is 1. The topological polar surface area (TPSA) is 66.6 Å². The zero-order chi connectivity index (χ0) is 11.5. The highest BCUT2D eigenvalue weighted by Crippen LogP contribution is 2.19. The van der Waals surface area contributed by atoms with Crippen molar-refractivity contribution in [3.8, 4) is 0 Å². The van der Waals surface area contributed by atoms with Gasteiger partial charge in [0.2, 0.25) is 0 Å². The second kappa shape index (κ2) is 6.02. The van der Waals surface area contributed by atoms with Gasteiger partial charge in [-0.2, -0.15) is 0 Å². The van der Waals surface area contributed by atoms with Gasteiger partial charge in [-0.3, -0.25) is 9.69 Å². The summed E-state index contributed by atoms with van der Waals surface area (Å²) in [7, 11) is 0. The van der Waals surface area contributed by atoms with Gasteiger partial charge in [0.1, 0.15) is 11.8 Å². The number of aryl methyl sites for hydroxylation is 1. The molecule has 1 aliphatic rings. The molecule has 1 aromatic heterocycles. The van der Waals surface area contributed by atoms with E-state index in [9.17, 15) is 4.79 Å². The molecule has 1 fully saturated rings. The standard InChI is InChI=1S/C11H16N2O3.ClH/c1-8-6-9(12-16-8)7-13-5-3-2-4-10(13)11(14)15;/h6,10H,2-5,7H2,1H3,(H,14,15);1H. The quantitative estimate of drug-likeness (QED) is 0.898. The maximum absolute atomic E-state index is 11.1. The Kier molecular flexibility index (Phi) is 4.96. The molecule has 6 heteroatoms. The van der Waals surface area contributed by atoms with Crippen molar-refractivity contribution in [1.82, 2.24) is 10.1 Å². The molecule has 2 rings (SSSR count). The van der Waals surface area contributed by atoms with Crippen LogP contribution in [0.3, 0.4) is 0 Å². The van der Waals surface area contributed by atoms with Gasteiger partial charge in [-0.05, 0) is 26.3 Å². The molecule has 96 valence electrons. The Balaban J connectivity index is 0.00000144. The van der Waals surface area contributed by atoms with Gasteiger partial charge in [0.15, 0.2) is 0 Å². The van der Waals surface area contributed by atoms with E-state index in [4.69, 9.17) is 9.63 Å². The molecule has 0 saturated carbocycles. The number of hydrogen-bond donors (Lipinski definition) is 1. The number of halogens is 1. The Morgan fingerprint density at radius 3 is 3.00 bits per heavy atom. The van der Waals surface area contributed by atoms with Crippen molar-refractivity contribution < 1.29 is 14.4 Å². The summed E-state index contributed by atoms with van der Waals surface area (Å²) < 4.78 is 4.98. The zero-order valence-corrected chi connectivity index (χ0v) is 10.6. The van der Waals surface area contributed by atoms with Gasteiger partial charge in [0.25, 0.3) is 0 Å². The Hall–Kier alpha value is -1.07. The predicted molar refractivity (Wildman–Crippen MR) is 64.2 cm³/mol. The number of carboxylic acids is 1. The molecule has 5 nitrogen and oxygen atoms in total. The van der Waals surface area contributed by atoms with Crippen molar-refractivity contribution in [2.75, 3.05) is 6.54 Å². The third kappa shape index (κ3) is 3.44. The maximum atomic E-state index is 11.1. The first kappa shape index (κ1) is 14.0. The summed E-state index contributed by atoms with van der Waals surface area (Å²) in [5.74, 6) is 0.0267. The van der Waals surface area contributed by atoms with Crippen LogP contribution < -0.4 is 0 Å². The minimum atomic E-state index is -0.736. The van der Waals surface area contributed by atoms with E-state index in [0.29, 0.717) is 6.54 Å². The van der Waals surface area contributed by atoms with E-state index < -0.39 is 5.97 Å². The van der Waals surface area contributed by atoms with Crippen LogP contribution in [-0.4, -0.2) is 33.7 Å². The van der Waals surface area contributed by atoms with Gasteiger partial charge < -0.3 is 9.63 Å². The number of carbonyl (C=O) groups is 1. The summed E-state index contributed by atoms with van der Waals surface area (Å²) in [5.41, 5.74) is 0.811. The summed E-state index contributed by atoms with van der Waals surface area (Å²) in [4.78, 5) is 13.0. The molecular formula is C11H17ClN2O3. The molecular weight excluding hydrogens is 244 g/mol. The van der Waals surface area contributed by atoms with Crippen LogP contribution in [0.25, 0.3) is 0 Å². The van der Waals surface area contributed by atoms with Gasteiger partial charge in [-0.15, -0.1) is 12.4 Å². The van der Waals surface area contributed by atoms with Crippen molar-refractivity contribution >= 4 is 18.4 Å². The first-order valence-corrected chi connectivity index (χ1v) is 5.56. The van der Waals surface area contributed by atoms with E-state index in [2.05, 4.69) is 5.16 Å². The average Bonchev–Trinajstić information content (AvgIpc) is 2.64. The van der Waals surface area contributed by atoms with E-state index in [1.165, 1.54) is 0 Å². The third-order valence-corrected chi connectivity index (χ3v) is 2.94. The van der Waals surface area contributed by atoms with Gasteiger partial charge in [0, 0.05) is 12.6 Å². The highest BCUT2D eigenvalue weighted by atomic mass is 35.5. The highest BCUT2D eigenvalue weighted by molar-refractivity contribution is 5.85. The molecule has 1 aromatic rings. The number of piperidine rings is 1. The number of rotatable bonds is 3. The molecule has 0 bridgehead atoms. The molecule has 0 spiro atoms. The fraction of sp³-hybridized carbons (Fsp3) is 0.636. The normalized spacial score (nSPS) is 20.9. The third-order valence-electron chi connectivity index (χ3n) is 2.94. The van der Waals surface area contributed by atoms with E-state index in [0.717, 1.165) is 37.3 Å². The number of hydrogen-bond acceptors (Lipinski definition) is 4. The monoisotopic (exact) mass is 260 g/mol. The maximum Gasteiger partial charge on any atom is 0.320 e. The van der Waals surface area contributed by atoms with Crippen LogP contribution in [-0.2, 0) is 11.3 Å². The first-order chi connectivity index (χ1) is 7.66. The van der Waals surface area contributed by atoms with Crippen molar-refractivity contribution in [2.45, 2.75) is 38.8 Å². The van der Waals surface area contributed by atoms with Crippen LogP contribution in [0.4, 0.5) is 0 Å². The van der Waals surface area contributed by atoms with Crippen LogP contribution in [0.5, 0.6) is 0 Å². The fourth-order valence-electron chi connectivity index (χ4n) is 2.16. The summed E-state index contributed by atoms with van der Waals surface area (Å²) >= 11 is 0. The lowest BCUT2D eigenvalue weighted by Gasteiger charge is -2.31. The van der Waals surface area contributed by atoms with Gasteiger partial charge in [-0.25, -0.2) is 0 Å². The van der Waals surface area contributed by atoms with Crippen molar-refractivity contribution in [1.29, 1.82) is 0 Å². The van der Waals surface area contributed by atoms with Crippen molar-refractivity contribution in [3.63, 3.8) is 0 Å². The lowest BCUT2D eigenvalue weighted by molar-refractivity contribution is -0.144. The number of aliphatic carboxylic acids is 1. The second-order valence-corrected chi connectivity index (χ2v) is 4.25. The Morgan fingerprint density at radius 1 is 1.65 bits per heavy atom. The molecule has 1 aliphatic heterocycles. The number of likely N-dealkylation sites (tertiary alicyclic amines) is 1. The van der Waals surface area contributed by atoms with E-state index in [-0.39, 0.29) is 18.4 Å². The molecule has 1 unspecified atom stereocenters. The minimum Gasteiger partial charge on any atom is -0.480 e. The summed E-state index contributed by atoms with van der Waals surface area (Å²) in [6.07, 6.45) is 2.78. The summed E-state index contributed by atoms with van der Waals surface area (Å²) in [6, 6.07) is 1.49. The highest BCUT2D eigenvalue weighted by Gasteiger charge is 2.28. The number of carboxylic acid groups (broad SMARTS) is 1. The summed E-state index contributed by atoms with van der Waals surface area (Å²) in [5, 5.41) is 13.0.